The Kier molecular flexibility index (Phi) is 10.0. The van der Waals surface area contributed by atoms with E-state index in [1.54, 1.807) is 0 Å². The number of carboxylic acid groups (broad SMARTS) is 2. The zero-order valence-corrected chi connectivity index (χ0v) is 19.0. The molecule has 2 aromatic heterocycles. The number of ether oxygens (including phenoxy) is 1. The number of hydrogen-bond acceptors (Lipinski definition) is 10. The Hall–Kier alpha value is -4.14. The number of fused-ring (bicyclic) bond motifs is 1. The molecule has 35 heavy (non-hydrogen) atoms. The highest BCUT2D eigenvalue weighted by molar-refractivity contribution is 6.31. The molecule has 3 aromatic rings. The largest absolute Gasteiger partial charge is 0.490 e. The van der Waals surface area contributed by atoms with Gasteiger partial charge in [-0.05, 0) is 18.2 Å². The van der Waals surface area contributed by atoms with E-state index < -0.39 is 23.9 Å². The Labute approximate surface area is 203 Å². The fourth-order valence-corrected chi connectivity index (χ4v) is 2.78. The Bertz CT molecular complexity index is 1180. The van der Waals surface area contributed by atoms with E-state index >= 15 is 0 Å². The molecule has 2 heterocycles. The normalized spacial score (nSPS) is 11.3. The van der Waals surface area contributed by atoms with E-state index in [4.69, 9.17) is 47.6 Å². The van der Waals surface area contributed by atoms with Crippen molar-refractivity contribution in [2.75, 3.05) is 37.7 Å². The third-order valence-corrected chi connectivity index (χ3v) is 4.53. The summed E-state index contributed by atoms with van der Waals surface area (Å²) in [5, 5.41) is 31.4. The lowest BCUT2D eigenvalue weighted by Gasteiger charge is -2.14. The van der Waals surface area contributed by atoms with Crippen molar-refractivity contribution in [1.82, 2.24) is 25.6 Å². The number of nitrogens with one attached hydrogen (secondary N) is 3. The van der Waals surface area contributed by atoms with E-state index in [0.29, 0.717) is 18.8 Å². The first-order valence-corrected chi connectivity index (χ1v) is 10.4. The van der Waals surface area contributed by atoms with E-state index in [9.17, 15) is 9.90 Å². The van der Waals surface area contributed by atoms with Gasteiger partial charge in [0.1, 0.15) is 18.5 Å². The van der Waals surface area contributed by atoms with Crippen LogP contribution in [0.25, 0.3) is 10.9 Å². The zero-order valence-electron chi connectivity index (χ0n) is 18.2. The van der Waals surface area contributed by atoms with Gasteiger partial charge in [0.25, 0.3) is 5.91 Å². The Balaban J connectivity index is 0.000000641. The number of halogens is 1. The van der Waals surface area contributed by atoms with Gasteiger partial charge in [0.15, 0.2) is 22.5 Å². The molecule has 188 valence electrons. The Morgan fingerprint density at radius 3 is 2.49 bits per heavy atom. The van der Waals surface area contributed by atoms with Gasteiger partial charge in [0.05, 0.1) is 0 Å². The quantitative estimate of drug-likeness (QED) is 0.137. The molecule has 1 aromatic carbocycles. The summed E-state index contributed by atoms with van der Waals surface area (Å²) in [4.78, 5) is 41.0. The molecule has 0 saturated heterocycles. The fourth-order valence-electron chi connectivity index (χ4n) is 2.65. The van der Waals surface area contributed by atoms with Crippen molar-refractivity contribution in [3.8, 4) is 5.75 Å². The predicted octanol–water partition coefficient (Wildman–Crippen LogP) is -0.309. The van der Waals surface area contributed by atoms with E-state index in [0.717, 1.165) is 10.9 Å². The first-order chi connectivity index (χ1) is 16.6. The van der Waals surface area contributed by atoms with Crippen LogP contribution in [0.15, 0.2) is 30.5 Å². The van der Waals surface area contributed by atoms with Crippen LogP contribution in [0.4, 0.5) is 11.6 Å². The van der Waals surface area contributed by atoms with E-state index in [-0.39, 0.29) is 35.6 Å². The highest BCUT2D eigenvalue weighted by Gasteiger charge is 2.15. The number of aliphatic carboxylic acids is 2. The SMILES string of the molecule is Nc1nc(N)c(C(=O)NCCNCC(O)COc2cccc3[nH]ccc23)nc1Cl.O=C(O)C(=O)O. The number of nitrogens with zero attached hydrogens (tertiary/aromatic N) is 2. The summed E-state index contributed by atoms with van der Waals surface area (Å²) in [7, 11) is 0. The number of aliphatic hydroxyl groups is 1. The maximum Gasteiger partial charge on any atom is 0.414 e. The van der Waals surface area contributed by atoms with Crippen molar-refractivity contribution >= 4 is 52.0 Å². The van der Waals surface area contributed by atoms with Crippen molar-refractivity contribution in [2.24, 2.45) is 0 Å². The summed E-state index contributed by atoms with van der Waals surface area (Å²) in [6.07, 6.45) is 1.12. The lowest BCUT2D eigenvalue weighted by atomic mass is 10.2. The van der Waals surface area contributed by atoms with Crippen molar-refractivity contribution in [1.29, 1.82) is 0 Å². The maximum absolute atomic E-state index is 12.1. The molecule has 0 radical (unpaired) electrons. The summed E-state index contributed by atoms with van der Waals surface area (Å²) in [5.41, 5.74) is 12.0. The number of aliphatic hydroxyl groups excluding tert-OH is 1. The molecule has 1 unspecified atom stereocenters. The van der Waals surface area contributed by atoms with Crippen LogP contribution in [0.5, 0.6) is 5.75 Å². The van der Waals surface area contributed by atoms with Crippen LogP contribution in [0, 0.1) is 0 Å². The number of hydrogen-bond donors (Lipinski definition) is 8. The maximum atomic E-state index is 12.1. The number of aromatic nitrogens is 3. The van der Waals surface area contributed by atoms with Crippen LogP contribution in [0.3, 0.4) is 0 Å². The standard InChI is InChI=1S/C18H22ClN7O3.C2H2O4/c19-15-17(21)26-16(20)14(25-15)18(28)24-7-6-22-8-10(27)9-29-13-3-1-2-12-11(13)4-5-23-12;3-1(4)2(5)6/h1-5,10,22-23,27H,6-9H2,(H,24,28)(H4,20,21,26);(H,3,4)(H,5,6). The Morgan fingerprint density at radius 2 is 1.80 bits per heavy atom. The molecule has 14 nitrogen and oxygen atoms in total. The molecule has 0 bridgehead atoms. The number of amides is 1. The summed E-state index contributed by atoms with van der Waals surface area (Å²) in [6, 6.07) is 7.60. The molecule has 0 aliphatic heterocycles. The van der Waals surface area contributed by atoms with Gasteiger partial charge in [-0.25, -0.2) is 19.6 Å². The van der Waals surface area contributed by atoms with E-state index in [2.05, 4.69) is 25.6 Å². The third-order valence-electron chi connectivity index (χ3n) is 4.26. The van der Waals surface area contributed by atoms with Gasteiger partial charge >= 0.3 is 11.9 Å². The molecule has 1 atom stereocenters. The number of carbonyl (C=O) groups excluding carboxylic acids is 1. The number of anilines is 2. The first kappa shape index (κ1) is 27.1. The van der Waals surface area contributed by atoms with Crippen LogP contribution < -0.4 is 26.8 Å². The molecule has 3 rings (SSSR count). The minimum atomic E-state index is -1.82. The van der Waals surface area contributed by atoms with Crippen LogP contribution in [0.2, 0.25) is 5.15 Å². The van der Waals surface area contributed by atoms with Gasteiger partial charge in [-0.1, -0.05) is 17.7 Å². The number of benzene rings is 1. The highest BCUT2D eigenvalue weighted by atomic mass is 35.5. The molecule has 0 saturated carbocycles. The van der Waals surface area contributed by atoms with Gasteiger partial charge in [-0.15, -0.1) is 0 Å². The minimum absolute atomic E-state index is 0.0358. The highest BCUT2D eigenvalue weighted by Crippen LogP contribution is 2.24. The summed E-state index contributed by atoms with van der Waals surface area (Å²) in [5.74, 6) is -3.59. The fraction of sp³-hybridized carbons (Fsp3) is 0.250. The first-order valence-electron chi connectivity index (χ1n) is 10.0. The second-order valence-corrected chi connectivity index (χ2v) is 7.22. The molecule has 0 aliphatic rings. The lowest BCUT2D eigenvalue weighted by molar-refractivity contribution is -0.159. The molecular weight excluding hydrogens is 486 g/mol. The van der Waals surface area contributed by atoms with Crippen molar-refractivity contribution in [2.45, 2.75) is 6.10 Å². The van der Waals surface area contributed by atoms with Crippen LogP contribution in [-0.2, 0) is 9.59 Å². The summed E-state index contributed by atoms with van der Waals surface area (Å²) >= 11 is 5.76. The van der Waals surface area contributed by atoms with Crippen LogP contribution >= 0.6 is 11.6 Å². The number of nitrogen functional groups attached to an aromatic ring is 2. The molecule has 0 aliphatic carbocycles. The van der Waals surface area contributed by atoms with E-state index in [1.807, 2.05) is 30.5 Å². The Morgan fingerprint density at radius 1 is 1.09 bits per heavy atom. The minimum Gasteiger partial charge on any atom is -0.490 e. The number of aromatic amines is 1. The number of H-pyrrole nitrogens is 1. The average Bonchev–Trinajstić information content (AvgIpc) is 3.29. The van der Waals surface area contributed by atoms with Crippen LogP contribution in [0.1, 0.15) is 10.5 Å². The second kappa shape index (κ2) is 12.9. The zero-order chi connectivity index (χ0) is 26.0. The van der Waals surface area contributed by atoms with Gasteiger partial charge in [0, 0.05) is 36.7 Å². The number of rotatable bonds is 9. The third kappa shape index (κ3) is 8.29. The van der Waals surface area contributed by atoms with Gasteiger partial charge in [0.2, 0.25) is 0 Å². The molecule has 15 heteroatoms. The van der Waals surface area contributed by atoms with Gasteiger partial charge in [-0.2, -0.15) is 0 Å². The molecular formula is C20H24ClN7O7. The van der Waals surface area contributed by atoms with Crippen LogP contribution in [-0.4, -0.2) is 80.5 Å². The van der Waals surface area contributed by atoms with E-state index in [1.165, 1.54) is 0 Å². The summed E-state index contributed by atoms with van der Waals surface area (Å²) in [6.45, 7) is 1.15. The molecule has 10 N–H and O–H groups in total. The van der Waals surface area contributed by atoms with Crippen molar-refractivity contribution < 1.29 is 34.4 Å². The molecule has 0 spiro atoms. The van der Waals surface area contributed by atoms with Crippen molar-refractivity contribution in [3.63, 3.8) is 0 Å². The second-order valence-electron chi connectivity index (χ2n) is 6.86. The average molecular weight is 510 g/mol. The van der Waals surface area contributed by atoms with Gasteiger partial charge in [-0.3, -0.25) is 4.79 Å². The predicted molar refractivity (Wildman–Crippen MR) is 126 cm³/mol. The number of nitrogens with two attached hydrogens (primary N) is 2. The smallest absolute Gasteiger partial charge is 0.414 e. The molecule has 1 amide bonds. The summed E-state index contributed by atoms with van der Waals surface area (Å²) < 4.78 is 5.69. The number of carboxylic acids is 2. The van der Waals surface area contributed by atoms with Gasteiger partial charge < -0.3 is 47.1 Å². The van der Waals surface area contributed by atoms with Crippen molar-refractivity contribution in [3.05, 3.63) is 41.3 Å². The lowest BCUT2D eigenvalue weighted by Crippen LogP contribution is -2.37. The monoisotopic (exact) mass is 509 g/mol. The number of carbonyl (C=O) groups is 3. The topological polar surface area (TPSA) is 239 Å². The molecule has 0 fully saturated rings.